The van der Waals surface area contributed by atoms with Gasteiger partial charge in [0.05, 0.1) is 0 Å². The quantitative estimate of drug-likeness (QED) is 0.453. The molecule has 0 radical (unpaired) electrons. The normalized spacial score (nSPS) is 15.1. The highest BCUT2D eigenvalue weighted by Gasteiger charge is 2.24. The average molecular weight is 409 g/mol. The summed E-state index contributed by atoms with van der Waals surface area (Å²) in [5.74, 6) is 0. The summed E-state index contributed by atoms with van der Waals surface area (Å²) in [6, 6.07) is 19.1. The van der Waals surface area contributed by atoms with Crippen molar-refractivity contribution >= 4 is 11.8 Å². The van der Waals surface area contributed by atoms with Crippen molar-refractivity contribution in [2.45, 2.75) is 58.5 Å². The van der Waals surface area contributed by atoms with E-state index in [2.05, 4.69) is 67.3 Å². The van der Waals surface area contributed by atoms with Crippen LogP contribution < -0.4 is 4.90 Å². The van der Waals surface area contributed by atoms with Crippen LogP contribution in [0.4, 0.5) is 10.5 Å². The lowest BCUT2D eigenvalue weighted by molar-refractivity contribution is 0.0545. The van der Waals surface area contributed by atoms with Gasteiger partial charge in [0.25, 0.3) is 0 Å². The molecular weight excluding hydrogens is 372 g/mol. The lowest BCUT2D eigenvalue weighted by Gasteiger charge is -2.36. The van der Waals surface area contributed by atoms with Gasteiger partial charge in [0.2, 0.25) is 0 Å². The van der Waals surface area contributed by atoms with E-state index in [1.165, 1.54) is 36.1 Å². The number of piperazine rings is 1. The Morgan fingerprint density at radius 2 is 1.63 bits per heavy atom. The summed E-state index contributed by atoms with van der Waals surface area (Å²) in [7, 11) is 0. The van der Waals surface area contributed by atoms with Crippen molar-refractivity contribution in [3.8, 4) is 11.1 Å². The Morgan fingerprint density at radius 3 is 2.33 bits per heavy atom. The van der Waals surface area contributed by atoms with Crippen molar-refractivity contribution in [2.75, 3.05) is 31.1 Å². The predicted molar refractivity (Wildman–Crippen MR) is 125 cm³/mol. The molecule has 1 aliphatic heterocycles. The standard InChI is InChI=1S/C26H36N2O2/c1-3-5-6-10-16-25(4-2)30-26(29)28-19-17-27(18-20-28)24-15-11-14-23(21-24)22-12-8-7-9-13-22/h7-9,11-15,21,25H,3-6,10,16-20H2,1-2H3. The molecule has 2 aromatic rings. The summed E-state index contributed by atoms with van der Waals surface area (Å²) in [5, 5.41) is 0. The summed E-state index contributed by atoms with van der Waals surface area (Å²) in [6.45, 7) is 7.41. The Kier molecular flexibility index (Phi) is 8.61. The number of carbonyl (C=O) groups is 1. The number of carbonyl (C=O) groups excluding carboxylic acids is 1. The molecule has 1 saturated heterocycles. The molecule has 3 rings (SSSR count). The molecule has 0 aliphatic carbocycles. The number of rotatable bonds is 9. The number of anilines is 1. The molecule has 1 unspecified atom stereocenters. The first-order chi connectivity index (χ1) is 14.7. The molecule has 0 aromatic heterocycles. The van der Waals surface area contributed by atoms with Gasteiger partial charge in [-0.05, 0) is 42.5 Å². The third kappa shape index (κ3) is 6.25. The maximum absolute atomic E-state index is 12.6. The van der Waals surface area contributed by atoms with Crippen LogP contribution in [0.3, 0.4) is 0 Å². The van der Waals surface area contributed by atoms with Gasteiger partial charge in [-0.15, -0.1) is 0 Å². The third-order valence-electron chi connectivity index (χ3n) is 5.96. The maximum Gasteiger partial charge on any atom is 0.410 e. The van der Waals surface area contributed by atoms with Crippen LogP contribution in [0.25, 0.3) is 11.1 Å². The van der Waals surface area contributed by atoms with Gasteiger partial charge in [-0.1, -0.05) is 75.6 Å². The van der Waals surface area contributed by atoms with E-state index in [0.29, 0.717) is 13.1 Å². The fraction of sp³-hybridized carbons (Fsp3) is 0.500. The van der Waals surface area contributed by atoms with Gasteiger partial charge < -0.3 is 14.5 Å². The van der Waals surface area contributed by atoms with Crippen molar-refractivity contribution in [2.24, 2.45) is 0 Å². The molecular formula is C26H36N2O2. The smallest absolute Gasteiger partial charge is 0.410 e. The van der Waals surface area contributed by atoms with Gasteiger partial charge in [0.15, 0.2) is 0 Å². The number of amides is 1. The molecule has 1 aliphatic rings. The molecule has 0 saturated carbocycles. The molecule has 0 spiro atoms. The van der Waals surface area contributed by atoms with Crippen LogP contribution in [0.5, 0.6) is 0 Å². The zero-order valence-electron chi connectivity index (χ0n) is 18.6. The number of hydrogen-bond donors (Lipinski definition) is 0. The van der Waals surface area contributed by atoms with E-state index >= 15 is 0 Å². The molecule has 1 amide bonds. The Morgan fingerprint density at radius 1 is 0.900 bits per heavy atom. The monoisotopic (exact) mass is 408 g/mol. The van der Waals surface area contributed by atoms with Crippen molar-refractivity contribution < 1.29 is 9.53 Å². The highest BCUT2D eigenvalue weighted by Crippen LogP contribution is 2.25. The maximum atomic E-state index is 12.6. The number of hydrogen-bond acceptors (Lipinski definition) is 3. The fourth-order valence-corrected chi connectivity index (χ4v) is 4.02. The molecule has 4 nitrogen and oxygen atoms in total. The Hall–Kier alpha value is -2.49. The Bertz CT molecular complexity index is 770. The summed E-state index contributed by atoms with van der Waals surface area (Å²) >= 11 is 0. The van der Waals surface area contributed by atoms with Crippen LogP contribution in [0.2, 0.25) is 0 Å². The van der Waals surface area contributed by atoms with E-state index in [4.69, 9.17) is 4.74 Å². The molecule has 1 fully saturated rings. The van der Waals surface area contributed by atoms with Crippen molar-refractivity contribution in [1.29, 1.82) is 0 Å². The second-order valence-corrected chi connectivity index (χ2v) is 8.15. The zero-order valence-corrected chi connectivity index (χ0v) is 18.6. The van der Waals surface area contributed by atoms with E-state index < -0.39 is 0 Å². The van der Waals surface area contributed by atoms with E-state index in [9.17, 15) is 4.79 Å². The van der Waals surface area contributed by atoms with Crippen LogP contribution in [0, 0.1) is 0 Å². The summed E-state index contributed by atoms with van der Waals surface area (Å²) < 4.78 is 5.81. The first-order valence-electron chi connectivity index (χ1n) is 11.6. The van der Waals surface area contributed by atoms with E-state index in [1.807, 2.05) is 11.0 Å². The van der Waals surface area contributed by atoms with Gasteiger partial charge >= 0.3 is 6.09 Å². The molecule has 0 bridgehead atoms. The van der Waals surface area contributed by atoms with E-state index in [0.717, 1.165) is 32.4 Å². The molecule has 162 valence electrons. The molecule has 0 N–H and O–H groups in total. The highest BCUT2D eigenvalue weighted by molar-refractivity contribution is 5.70. The fourth-order valence-electron chi connectivity index (χ4n) is 4.02. The predicted octanol–water partition coefficient (Wildman–Crippen LogP) is 6.36. The molecule has 1 atom stereocenters. The average Bonchev–Trinajstić information content (AvgIpc) is 2.81. The van der Waals surface area contributed by atoms with E-state index in [1.54, 1.807) is 0 Å². The minimum Gasteiger partial charge on any atom is -0.446 e. The molecule has 4 heteroatoms. The van der Waals surface area contributed by atoms with E-state index in [-0.39, 0.29) is 12.2 Å². The number of ether oxygens (including phenoxy) is 1. The third-order valence-corrected chi connectivity index (χ3v) is 5.96. The van der Waals surface area contributed by atoms with Gasteiger partial charge in [0.1, 0.15) is 6.10 Å². The largest absolute Gasteiger partial charge is 0.446 e. The summed E-state index contributed by atoms with van der Waals surface area (Å²) in [4.78, 5) is 16.9. The molecule has 1 heterocycles. The number of benzene rings is 2. The van der Waals surface area contributed by atoms with Gasteiger partial charge in [0, 0.05) is 31.9 Å². The van der Waals surface area contributed by atoms with Gasteiger partial charge in [-0.2, -0.15) is 0 Å². The minimum atomic E-state index is -0.143. The van der Waals surface area contributed by atoms with Gasteiger partial charge in [-0.3, -0.25) is 0 Å². The van der Waals surface area contributed by atoms with Crippen LogP contribution in [-0.4, -0.2) is 43.3 Å². The molecule has 2 aromatic carbocycles. The minimum absolute atomic E-state index is 0.0509. The lowest BCUT2D eigenvalue weighted by atomic mass is 10.0. The number of nitrogens with zero attached hydrogens (tertiary/aromatic N) is 2. The van der Waals surface area contributed by atoms with Crippen LogP contribution in [0.15, 0.2) is 54.6 Å². The SMILES string of the molecule is CCCCCCC(CC)OC(=O)N1CCN(c2cccc(-c3ccccc3)c2)CC1. The van der Waals surface area contributed by atoms with Crippen LogP contribution >= 0.6 is 0 Å². The first-order valence-corrected chi connectivity index (χ1v) is 11.6. The second-order valence-electron chi connectivity index (χ2n) is 8.15. The van der Waals surface area contributed by atoms with Crippen molar-refractivity contribution in [3.05, 3.63) is 54.6 Å². The van der Waals surface area contributed by atoms with Crippen molar-refractivity contribution in [3.63, 3.8) is 0 Å². The first kappa shape index (κ1) is 22.2. The lowest BCUT2D eigenvalue weighted by Crippen LogP contribution is -2.49. The number of unbranched alkanes of at least 4 members (excludes halogenated alkanes) is 3. The highest BCUT2D eigenvalue weighted by atomic mass is 16.6. The Labute approximate surface area is 181 Å². The van der Waals surface area contributed by atoms with Crippen molar-refractivity contribution in [1.82, 2.24) is 4.90 Å². The van der Waals surface area contributed by atoms with Crippen LogP contribution in [-0.2, 0) is 4.74 Å². The second kappa shape index (κ2) is 11.6. The topological polar surface area (TPSA) is 32.8 Å². The Balaban J connectivity index is 1.50. The zero-order chi connectivity index (χ0) is 21.2. The van der Waals surface area contributed by atoms with Crippen LogP contribution in [0.1, 0.15) is 52.4 Å². The van der Waals surface area contributed by atoms with Gasteiger partial charge in [-0.25, -0.2) is 4.79 Å². The summed E-state index contributed by atoms with van der Waals surface area (Å²) in [5.41, 5.74) is 3.67. The molecule has 30 heavy (non-hydrogen) atoms. The summed E-state index contributed by atoms with van der Waals surface area (Å²) in [6.07, 6.45) is 6.65.